The van der Waals surface area contributed by atoms with Gasteiger partial charge in [-0.25, -0.2) is 23.5 Å². The molecule has 2 N–H and O–H groups in total. The van der Waals surface area contributed by atoms with Gasteiger partial charge in [-0.3, -0.25) is 14.8 Å². The van der Waals surface area contributed by atoms with E-state index in [1.807, 2.05) is 0 Å². The van der Waals surface area contributed by atoms with Crippen molar-refractivity contribution in [3.8, 4) is 11.5 Å². The lowest BCUT2D eigenvalue weighted by Crippen LogP contribution is -2.19. The smallest absolute Gasteiger partial charge is 0.412 e. The summed E-state index contributed by atoms with van der Waals surface area (Å²) in [5, 5.41) is 8.99. The molecule has 38 heavy (non-hydrogen) atoms. The number of nitrogens with zero attached hydrogens (tertiary/aromatic N) is 4. The average Bonchev–Trinajstić information content (AvgIpc) is 3.44. The Bertz CT molecular complexity index is 1310. The molecule has 2 aliphatic carbocycles. The molecule has 2 saturated carbocycles. The molecule has 0 unspecified atom stereocenters. The zero-order chi connectivity index (χ0) is 26.6. The van der Waals surface area contributed by atoms with Gasteiger partial charge in [0.05, 0.1) is 18.3 Å². The Balaban J connectivity index is 1.25. The monoisotopic (exact) mass is 528 g/mol. The Labute approximate surface area is 216 Å². The third-order valence-corrected chi connectivity index (χ3v) is 6.64. The van der Waals surface area contributed by atoms with Gasteiger partial charge in [-0.05, 0) is 56.6 Å². The van der Waals surface area contributed by atoms with Crippen molar-refractivity contribution >= 4 is 29.8 Å². The molecule has 0 radical (unpaired) electrons. The van der Waals surface area contributed by atoms with E-state index in [-0.39, 0.29) is 35.0 Å². The van der Waals surface area contributed by atoms with E-state index >= 15 is 0 Å². The number of hydrogen-bond donors (Lipinski definition) is 2. The first-order valence-electron chi connectivity index (χ1n) is 12.4. The highest BCUT2D eigenvalue weighted by Crippen LogP contribution is 2.34. The van der Waals surface area contributed by atoms with Crippen LogP contribution in [0.4, 0.5) is 25.1 Å². The molecular formula is C25H26F2N6O5. The van der Waals surface area contributed by atoms with Crippen molar-refractivity contribution in [1.29, 1.82) is 0 Å². The molecule has 11 nitrogen and oxygen atoms in total. The van der Waals surface area contributed by atoms with Crippen LogP contribution in [0.3, 0.4) is 0 Å². The van der Waals surface area contributed by atoms with Crippen molar-refractivity contribution in [1.82, 2.24) is 19.7 Å². The maximum absolute atomic E-state index is 13.7. The van der Waals surface area contributed by atoms with Gasteiger partial charge in [-0.15, -0.1) is 0 Å². The van der Waals surface area contributed by atoms with Crippen molar-refractivity contribution < 1.29 is 32.3 Å². The third kappa shape index (κ3) is 6.03. The molecule has 2 aliphatic rings. The van der Waals surface area contributed by atoms with Gasteiger partial charge < -0.3 is 19.3 Å². The van der Waals surface area contributed by atoms with E-state index in [2.05, 4.69) is 25.7 Å². The van der Waals surface area contributed by atoms with Crippen LogP contribution in [0, 0.1) is 11.8 Å². The summed E-state index contributed by atoms with van der Waals surface area (Å²) in [6.07, 6.45) is 6.02. The maximum Gasteiger partial charge on any atom is 0.412 e. The molecule has 3 aromatic heterocycles. The second-order valence-corrected chi connectivity index (χ2v) is 9.50. The van der Waals surface area contributed by atoms with E-state index in [0.717, 1.165) is 25.4 Å². The van der Waals surface area contributed by atoms with Gasteiger partial charge in [0.2, 0.25) is 5.89 Å². The van der Waals surface area contributed by atoms with E-state index in [9.17, 15) is 23.2 Å². The number of anilines is 2. The van der Waals surface area contributed by atoms with E-state index in [0.29, 0.717) is 43.8 Å². The predicted molar refractivity (Wildman–Crippen MR) is 130 cm³/mol. The zero-order valence-corrected chi connectivity index (χ0v) is 20.3. The molecule has 3 heterocycles. The first-order chi connectivity index (χ1) is 18.4. The Morgan fingerprint density at radius 2 is 1.97 bits per heavy atom. The predicted octanol–water partition coefficient (Wildman–Crippen LogP) is 5.01. The number of alkyl halides is 2. The minimum absolute atomic E-state index is 0.0229. The van der Waals surface area contributed by atoms with Gasteiger partial charge in [0.1, 0.15) is 18.4 Å². The summed E-state index contributed by atoms with van der Waals surface area (Å²) in [5.41, 5.74) is -0.358. The Kier molecular flexibility index (Phi) is 7.43. The lowest BCUT2D eigenvalue weighted by atomic mass is 9.87. The molecule has 3 aromatic rings. The minimum atomic E-state index is -2.90. The number of ether oxygens (including phenoxy) is 1. The number of amides is 2. The maximum atomic E-state index is 13.7. The number of nitrogens with one attached hydrogen (secondary N) is 2. The number of aldehydes is 1. The van der Waals surface area contributed by atoms with Crippen LogP contribution < -0.4 is 10.6 Å². The van der Waals surface area contributed by atoms with Crippen LogP contribution in [0.2, 0.25) is 0 Å². The SMILES string of the molecule is O=CC1CCC(n2cc(NC(=O)c3coc(-c4ccnc(NC(=O)OCC5CC5)c4)n3)c(C(F)F)n2)CC1. The topological polar surface area (TPSA) is 141 Å². The minimum Gasteiger partial charge on any atom is -0.449 e. The molecule has 0 saturated heterocycles. The van der Waals surface area contributed by atoms with Crippen LogP contribution in [-0.4, -0.2) is 44.6 Å². The summed E-state index contributed by atoms with van der Waals surface area (Å²) in [6, 6.07) is 2.95. The molecule has 0 spiro atoms. The molecule has 2 fully saturated rings. The molecule has 0 aliphatic heterocycles. The number of halogens is 2. The number of carbonyl (C=O) groups excluding carboxylic acids is 3. The van der Waals surface area contributed by atoms with Gasteiger partial charge in [-0.2, -0.15) is 5.10 Å². The van der Waals surface area contributed by atoms with Crippen LogP contribution in [0.1, 0.15) is 67.2 Å². The molecule has 0 aromatic carbocycles. The van der Waals surface area contributed by atoms with Crippen LogP contribution in [0.25, 0.3) is 11.5 Å². The number of rotatable bonds is 9. The number of aromatic nitrogens is 4. The lowest BCUT2D eigenvalue weighted by molar-refractivity contribution is -0.112. The third-order valence-electron chi connectivity index (χ3n) is 6.64. The number of oxazole rings is 1. The largest absolute Gasteiger partial charge is 0.449 e. The normalized spacial score (nSPS) is 19.2. The van der Waals surface area contributed by atoms with Crippen LogP contribution >= 0.6 is 0 Å². The molecule has 5 rings (SSSR count). The number of hydrogen-bond acceptors (Lipinski definition) is 8. The Hall–Kier alpha value is -4.16. The summed E-state index contributed by atoms with van der Waals surface area (Å²) in [4.78, 5) is 43.9. The van der Waals surface area contributed by atoms with Gasteiger partial charge in [0.25, 0.3) is 12.3 Å². The van der Waals surface area contributed by atoms with Crippen molar-refractivity contribution in [2.45, 2.75) is 51.0 Å². The first kappa shape index (κ1) is 25.5. The van der Waals surface area contributed by atoms with Crippen LogP contribution in [0.5, 0.6) is 0 Å². The quantitative estimate of drug-likeness (QED) is 0.369. The highest BCUT2D eigenvalue weighted by molar-refractivity contribution is 6.03. The first-order valence-corrected chi connectivity index (χ1v) is 12.4. The van der Waals surface area contributed by atoms with Crippen molar-refractivity contribution in [3.63, 3.8) is 0 Å². The molecule has 200 valence electrons. The zero-order valence-electron chi connectivity index (χ0n) is 20.3. The summed E-state index contributed by atoms with van der Waals surface area (Å²) < 4.78 is 39.3. The van der Waals surface area contributed by atoms with Gasteiger partial charge >= 0.3 is 6.09 Å². The standard InChI is InChI=1S/C25H26F2N6O5/c26-22(27)21-18(10-33(32-21)17-5-3-14(11-34)4-6-17)29-23(35)19-13-37-24(30-19)16-7-8-28-20(9-16)31-25(36)38-12-15-1-2-15/h7-11,13-15,17,22H,1-6,12H2,(H,29,35)(H,28,31,36). The Morgan fingerprint density at radius 1 is 1.18 bits per heavy atom. The highest BCUT2D eigenvalue weighted by Gasteiger charge is 2.27. The molecule has 2 amide bonds. The number of pyridine rings is 1. The second kappa shape index (κ2) is 11.1. The molecular weight excluding hydrogens is 502 g/mol. The summed E-state index contributed by atoms with van der Waals surface area (Å²) in [7, 11) is 0. The summed E-state index contributed by atoms with van der Waals surface area (Å²) in [5.74, 6) is -0.0636. The van der Waals surface area contributed by atoms with Gasteiger partial charge in [0.15, 0.2) is 11.4 Å². The second-order valence-electron chi connectivity index (χ2n) is 9.50. The Morgan fingerprint density at radius 3 is 2.68 bits per heavy atom. The fourth-order valence-electron chi connectivity index (χ4n) is 4.30. The van der Waals surface area contributed by atoms with E-state index in [4.69, 9.17) is 9.15 Å². The van der Waals surface area contributed by atoms with E-state index in [1.165, 1.54) is 23.1 Å². The average molecular weight is 529 g/mol. The van der Waals surface area contributed by atoms with Crippen molar-refractivity contribution in [2.75, 3.05) is 17.2 Å². The molecule has 0 bridgehead atoms. The van der Waals surface area contributed by atoms with Crippen molar-refractivity contribution in [3.05, 3.63) is 42.2 Å². The summed E-state index contributed by atoms with van der Waals surface area (Å²) in [6.45, 7) is 0.358. The highest BCUT2D eigenvalue weighted by atomic mass is 19.3. The number of carbonyl (C=O) groups is 3. The van der Waals surface area contributed by atoms with E-state index < -0.39 is 24.1 Å². The fourth-order valence-corrected chi connectivity index (χ4v) is 4.30. The van der Waals surface area contributed by atoms with Crippen molar-refractivity contribution in [2.24, 2.45) is 11.8 Å². The lowest BCUT2D eigenvalue weighted by Gasteiger charge is -2.25. The van der Waals surface area contributed by atoms with Crippen LogP contribution in [-0.2, 0) is 9.53 Å². The molecule has 0 atom stereocenters. The van der Waals surface area contributed by atoms with Crippen LogP contribution in [0.15, 0.2) is 35.2 Å². The summed E-state index contributed by atoms with van der Waals surface area (Å²) >= 11 is 0. The van der Waals surface area contributed by atoms with Gasteiger partial charge in [-0.1, -0.05) is 0 Å². The fraction of sp³-hybridized carbons (Fsp3) is 0.440. The van der Waals surface area contributed by atoms with E-state index in [1.54, 1.807) is 6.07 Å². The molecule has 13 heteroatoms. The van der Waals surface area contributed by atoms with Gasteiger partial charge in [0, 0.05) is 23.9 Å².